The van der Waals surface area contributed by atoms with E-state index in [9.17, 15) is 0 Å². The molecule has 138 valence electrons. The fourth-order valence-electron chi connectivity index (χ4n) is 2.71. The minimum Gasteiger partial charge on any atom is -0.493 e. The van der Waals surface area contributed by atoms with E-state index in [-0.39, 0.29) is 18.4 Å². The van der Waals surface area contributed by atoms with E-state index in [1.54, 1.807) is 19.2 Å². The van der Waals surface area contributed by atoms with Crippen LogP contribution in [-0.2, 0) is 0 Å². The summed E-state index contributed by atoms with van der Waals surface area (Å²) in [5.41, 5.74) is 0.700. The smallest absolute Gasteiger partial charge is 0.258 e. The van der Waals surface area contributed by atoms with E-state index in [1.165, 1.54) is 0 Å². The Balaban J connectivity index is 0.00000225. The SMILES string of the molecule is CCOc1c(Cl)cc(-c2nc(C3CNCCN3C)no2)cc1OC.Cl. The molecule has 25 heavy (non-hydrogen) atoms. The Bertz CT molecular complexity index is 711. The highest BCUT2D eigenvalue weighted by molar-refractivity contribution is 6.32. The van der Waals surface area contributed by atoms with E-state index in [1.807, 2.05) is 6.92 Å². The summed E-state index contributed by atoms with van der Waals surface area (Å²) in [4.78, 5) is 6.74. The number of methoxy groups -OCH3 is 1. The molecule has 1 aromatic heterocycles. The van der Waals surface area contributed by atoms with Gasteiger partial charge in [0.05, 0.1) is 24.8 Å². The van der Waals surface area contributed by atoms with Crippen molar-refractivity contribution in [2.45, 2.75) is 13.0 Å². The number of likely N-dealkylation sites (N-methyl/N-ethyl adjacent to an activating group) is 1. The molecular weight excluding hydrogens is 367 g/mol. The number of nitrogens with zero attached hydrogens (tertiary/aromatic N) is 3. The van der Waals surface area contributed by atoms with E-state index in [0.29, 0.717) is 40.4 Å². The number of benzene rings is 1. The van der Waals surface area contributed by atoms with Crippen molar-refractivity contribution in [1.29, 1.82) is 0 Å². The summed E-state index contributed by atoms with van der Waals surface area (Å²) in [6.45, 7) is 5.09. The second kappa shape index (κ2) is 8.71. The zero-order valence-electron chi connectivity index (χ0n) is 14.4. The first-order valence-electron chi connectivity index (χ1n) is 7.89. The van der Waals surface area contributed by atoms with Gasteiger partial charge in [-0.1, -0.05) is 16.8 Å². The molecule has 1 aliphatic heterocycles. The minimum absolute atomic E-state index is 0. The molecule has 1 unspecified atom stereocenters. The molecule has 0 aliphatic carbocycles. The lowest BCUT2D eigenvalue weighted by molar-refractivity contribution is 0.190. The van der Waals surface area contributed by atoms with Crippen LogP contribution in [0.1, 0.15) is 18.8 Å². The van der Waals surface area contributed by atoms with Crippen LogP contribution < -0.4 is 14.8 Å². The van der Waals surface area contributed by atoms with Crippen LogP contribution >= 0.6 is 24.0 Å². The quantitative estimate of drug-likeness (QED) is 0.843. The van der Waals surface area contributed by atoms with Crippen molar-refractivity contribution in [3.8, 4) is 23.0 Å². The van der Waals surface area contributed by atoms with E-state index in [2.05, 4.69) is 27.4 Å². The van der Waals surface area contributed by atoms with Gasteiger partial charge in [-0.25, -0.2) is 0 Å². The number of hydrogen-bond acceptors (Lipinski definition) is 7. The van der Waals surface area contributed by atoms with Gasteiger partial charge < -0.3 is 19.3 Å². The van der Waals surface area contributed by atoms with Crippen LogP contribution in [-0.4, -0.2) is 55.4 Å². The zero-order valence-corrected chi connectivity index (χ0v) is 16.0. The van der Waals surface area contributed by atoms with Gasteiger partial charge in [-0.2, -0.15) is 4.98 Å². The number of halogens is 2. The van der Waals surface area contributed by atoms with Crippen LogP contribution in [0.25, 0.3) is 11.5 Å². The monoisotopic (exact) mass is 388 g/mol. The molecule has 1 saturated heterocycles. The molecule has 2 aromatic rings. The van der Waals surface area contributed by atoms with Crippen molar-refractivity contribution in [3.05, 3.63) is 23.0 Å². The molecule has 1 aliphatic rings. The summed E-state index contributed by atoms with van der Waals surface area (Å²) < 4.78 is 16.3. The Morgan fingerprint density at radius 3 is 2.92 bits per heavy atom. The van der Waals surface area contributed by atoms with E-state index < -0.39 is 0 Å². The van der Waals surface area contributed by atoms with Gasteiger partial charge >= 0.3 is 0 Å². The summed E-state index contributed by atoms with van der Waals surface area (Å²) in [6, 6.07) is 3.63. The molecular formula is C16H22Cl2N4O3. The van der Waals surface area contributed by atoms with Crippen LogP contribution in [0.4, 0.5) is 0 Å². The Kier molecular flexibility index (Phi) is 6.89. The molecule has 0 saturated carbocycles. The second-order valence-corrected chi connectivity index (χ2v) is 5.99. The van der Waals surface area contributed by atoms with Crippen LogP contribution in [0.2, 0.25) is 5.02 Å². The summed E-state index contributed by atoms with van der Waals surface area (Å²) in [7, 11) is 3.62. The second-order valence-electron chi connectivity index (χ2n) is 5.58. The van der Waals surface area contributed by atoms with Crippen molar-refractivity contribution in [2.24, 2.45) is 0 Å². The van der Waals surface area contributed by atoms with Gasteiger partial charge in [-0.3, -0.25) is 4.90 Å². The first-order chi connectivity index (χ1) is 11.6. The highest BCUT2D eigenvalue weighted by Crippen LogP contribution is 2.39. The van der Waals surface area contributed by atoms with Gasteiger partial charge in [-0.15, -0.1) is 12.4 Å². The van der Waals surface area contributed by atoms with Crippen molar-refractivity contribution in [2.75, 3.05) is 40.4 Å². The minimum atomic E-state index is 0. The molecule has 3 rings (SSSR count). The van der Waals surface area contributed by atoms with Gasteiger partial charge in [0.2, 0.25) is 0 Å². The molecule has 2 heterocycles. The topological polar surface area (TPSA) is 72.7 Å². The standard InChI is InChI=1S/C16H21ClN4O3.ClH/c1-4-23-14-11(17)7-10(8-13(14)22-3)16-19-15(20-24-16)12-9-18-5-6-21(12)2;/h7-8,12,18H,4-6,9H2,1-3H3;1H. The predicted molar refractivity (Wildman–Crippen MR) is 98.0 cm³/mol. The molecule has 0 spiro atoms. The third-order valence-electron chi connectivity index (χ3n) is 4.02. The first kappa shape index (κ1) is 19.8. The number of aromatic nitrogens is 2. The third-order valence-corrected chi connectivity index (χ3v) is 4.30. The fourth-order valence-corrected chi connectivity index (χ4v) is 2.97. The van der Waals surface area contributed by atoms with Crippen LogP contribution in [0, 0.1) is 0 Å². The summed E-state index contributed by atoms with van der Waals surface area (Å²) >= 11 is 6.31. The Hall–Kier alpha value is -1.54. The average molecular weight is 389 g/mol. The molecule has 0 radical (unpaired) electrons. The van der Waals surface area contributed by atoms with Gasteiger partial charge in [-0.05, 0) is 26.1 Å². The van der Waals surface area contributed by atoms with Crippen LogP contribution in [0.15, 0.2) is 16.7 Å². The number of nitrogens with one attached hydrogen (secondary N) is 1. The normalized spacial score (nSPS) is 17.8. The number of hydrogen-bond donors (Lipinski definition) is 1. The van der Waals surface area contributed by atoms with Gasteiger partial charge in [0.15, 0.2) is 17.3 Å². The van der Waals surface area contributed by atoms with Gasteiger partial charge in [0, 0.05) is 25.2 Å². The highest BCUT2D eigenvalue weighted by Gasteiger charge is 2.26. The van der Waals surface area contributed by atoms with E-state index in [0.717, 1.165) is 19.6 Å². The summed E-state index contributed by atoms with van der Waals surface area (Å²) in [6.07, 6.45) is 0. The van der Waals surface area contributed by atoms with Crippen molar-refractivity contribution in [1.82, 2.24) is 20.4 Å². The van der Waals surface area contributed by atoms with Crippen molar-refractivity contribution >= 4 is 24.0 Å². The van der Waals surface area contributed by atoms with Gasteiger partial charge in [0.1, 0.15) is 0 Å². The first-order valence-corrected chi connectivity index (χ1v) is 8.27. The maximum absolute atomic E-state index is 6.31. The van der Waals surface area contributed by atoms with Crippen LogP contribution in [0.3, 0.4) is 0 Å². The molecule has 9 heteroatoms. The zero-order chi connectivity index (χ0) is 17.1. The third kappa shape index (κ3) is 4.17. The lowest BCUT2D eigenvalue weighted by Crippen LogP contribution is -2.44. The maximum Gasteiger partial charge on any atom is 0.258 e. The molecule has 0 amide bonds. The number of rotatable bonds is 5. The largest absolute Gasteiger partial charge is 0.493 e. The highest BCUT2D eigenvalue weighted by atomic mass is 35.5. The molecule has 1 fully saturated rings. The van der Waals surface area contributed by atoms with Gasteiger partial charge in [0.25, 0.3) is 5.89 Å². The van der Waals surface area contributed by atoms with Crippen molar-refractivity contribution < 1.29 is 14.0 Å². The Morgan fingerprint density at radius 2 is 2.24 bits per heavy atom. The van der Waals surface area contributed by atoms with Crippen molar-refractivity contribution in [3.63, 3.8) is 0 Å². The predicted octanol–water partition coefficient (Wildman–Crippen LogP) is 2.80. The summed E-state index contributed by atoms with van der Waals surface area (Å²) in [5, 5.41) is 7.91. The maximum atomic E-state index is 6.31. The molecule has 7 nitrogen and oxygen atoms in total. The Morgan fingerprint density at radius 1 is 1.44 bits per heavy atom. The molecule has 0 bridgehead atoms. The van der Waals surface area contributed by atoms with Crippen LogP contribution in [0.5, 0.6) is 11.5 Å². The molecule has 1 aromatic carbocycles. The lowest BCUT2D eigenvalue weighted by Gasteiger charge is -2.30. The van der Waals surface area contributed by atoms with E-state index >= 15 is 0 Å². The average Bonchev–Trinajstić information content (AvgIpc) is 3.07. The molecule has 1 N–H and O–H groups in total. The van der Waals surface area contributed by atoms with E-state index in [4.69, 9.17) is 25.6 Å². The number of piperazine rings is 1. The number of ether oxygens (including phenoxy) is 2. The Labute approximate surface area is 158 Å². The lowest BCUT2D eigenvalue weighted by atomic mass is 10.2. The molecule has 1 atom stereocenters. The summed E-state index contributed by atoms with van der Waals surface area (Å²) in [5.74, 6) is 2.12. The fraction of sp³-hybridized carbons (Fsp3) is 0.500.